The molecular weight excluding hydrogens is 382 g/mol. The van der Waals surface area contributed by atoms with Crippen LogP contribution in [0.15, 0.2) is 54.6 Å². The molecule has 1 aliphatic heterocycles. The molecule has 0 aliphatic carbocycles. The molecule has 0 radical (unpaired) electrons. The van der Waals surface area contributed by atoms with Gasteiger partial charge in [-0.2, -0.15) is 0 Å². The van der Waals surface area contributed by atoms with Crippen molar-refractivity contribution in [3.63, 3.8) is 0 Å². The standard InChI is InChI=1S/C20H15NO8/c22-15(13-3-6-16-17(9-13)29-11-28-16)10-27-20(26)12-1-4-14(5-2-12)21-18(23)7-8-19(24)25/h1-9H,10-11H2,(H,21,23)(H,24,25). The molecule has 1 aliphatic rings. The van der Waals surface area contributed by atoms with Crippen LogP contribution in [-0.4, -0.2) is 42.1 Å². The van der Waals surface area contributed by atoms with Gasteiger partial charge in [0.05, 0.1) is 5.56 Å². The maximum absolute atomic E-state index is 12.2. The van der Waals surface area contributed by atoms with Crippen molar-refractivity contribution in [1.82, 2.24) is 0 Å². The van der Waals surface area contributed by atoms with Crippen molar-refractivity contribution in [2.24, 2.45) is 0 Å². The summed E-state index contributed by atoms with van der Waals surface area (Å²) in [6, 6.07) is 10.4. The molecule has 2 N–H and O–H groups in total. The Hall–Kier alpha value is -4.14. The van der Waals surface area contributed by atoms with E-state index in [4.69, 9.17) is 19.3 Å². The molecule has 2 aromatic rings. The average Bonchev–Trinajstić information content (AvgIpc) is 3.18. The Morgan fingerprint density at radius 2 is 1.66 bits per heavy atom. The maximum atomic E-state index is 12.2. The number of carboxylic acids is 1. The van der Waals surface area contributed by atoms with Crippen LogP contribution in [0.25, 0.3) is 0 Å². The van der Waals surface area contributed by atoms with Gasteiger partial charge in [0.1, 0.15) is 0 Å². The highest BCUT2D eigenvalue weighted by Gasteiger charge is 2.17. The van der Waals surface area contributed by atoms with E-state index in [0.717, 1.165) is 6.08 Å². The van der Waals surface area contributed by atoms with Gasteiger partial charge in [-0.25, -0.2) is 9.59 Å². The summed E-state index contributed by atoms with van der Waals surface area (Å²) in [5.41, 5.74) is 0.870. The lowest BCUT2D eigenvalue weighted by molar-refractivity contribution is -0.131. The summed E-state index contributed by atoms with van der Waals surface area (Å²) in [4.78, 5) is 46.2. The summed E-state index contributed by atoms with van der Waals surface area (Å²) in [6.07, 6.45) is 1.57. The fourth-order valence-electron chi connectivity index (χ4n) is 2.39. The van der Waals surface area contributed by atoms with E-state index in [1.807, 2.05) is 0 Å². The van der Waals surface area contributed by atoms with Gasteiger partial charge in [-0.05, 0) is 42.5 Å². The number of nitrogens with one attached hydrogen (secondary N) is 1. The predicted octanol–water partition coefficient (Wildman–Crippen LogP) is 2.03. The number of ketones is 1. The molecule has 3 rings (SSSR count). The number of anilines is 1. The minimum absolute atomic E-state index is 0.0915. The molecular formula is C20H15NO8. The number of benzene rings is 2. The second-order valence-corrected chi connectivity index (χ2v) is 5.81. The van der Waals surface area contributed by atoms with Gasteiger partial charge in [0, 0.05) is 23.4 Å². The number of Topliss-reactive ketones (excluding diaryl/α,β-unsaturated/α-hetero) is 1. The first-order valence-corrected chi connectivity index (χ1v) is 8.34. The molecule has 1 amide bonds. The minimum Gasteiger partial charge on any atom is -0.478 e. The van der Waals surface area contributed by atoms with E-state index in [2.05, 4.69) is 5.32 Å². The van der Waals surface area contributed by atoms with Gasteiger partial charge in [0.2, 0.25) is 12.7 Å². The van der Waals surface area contributed by atoms with Gasteiger partial charge in [-0.15, -0.1) is 0 Å². The monoisotopic (exact) mass is 397 g/mol. The van der Waals surface area contributed by atoms with Crippen molar-refractivity contribution in [2.45, 2.75) is 0 Å². The second-order valence-electron chi connectivity index (χ2n) is 5.81. The van der Waals surface area contributed by atoms with Crippen molar-refractivity contribution in [1.29, 1.82) is 0 Å². The van der Waals surface area contributed by atoms with Gasteiger partial charge >= 0.3 is 11.9 Å². The molecule has 0 spiro atoms. The number of carboxylic acid groups (broad SMARTS) is 1. The molecule has 0 saturated heterocycles. The van der Waals surface area contributed by atoms with E-state index in [-0.39, 0.29) is 12.4 Å². The zero-order chi connectivity index (χ0) is 20.8. The third-order valence-corrected chi connectivity index (χ3v) is 3.79. The summed E-state index contributed by atoms with van der Waals surface area (Å²) in [6.45, 7) is -0.356. The third-order valence-electron chi connectivity index (χ3n) is 3.79. The Bertz CT molecular complexity index is 994. The predicted molar refractivity (Wildman–Crippen MR) is 99.0 cm³/mol. The van der Waals surface area contributed by atoms with Crippen LogP contribution in [0.2, 0.25) is 0 Å². The first kappa shape index (κ1) is 19.6. The van der Waals surface area contributed by atoms with E-state index in [1.165, 1.54) is 30.3 Å². The quantitative estimate of drug-likeness (QED) is 0.413. The average molecular weight is 397 g/mol. The van der Waals surface area contributed by atoms with Crippen LogP contribution >= 0.6 is 0 Å². The number of hydrogen-bond acceptors (Lipinski definition) is 7. The Balaban J connectivity index is 1.53. The highest BCUT2D eigenvalue weighted by molar-refractivity contribution is 6.03. The number of amides is 1. The zero-order valence-corrected chi connectivity index (χ0v) is 14.9. The molecule has 0 unspecified atom stereocenters. The molecule has 0 saturated carbocycles. The van der Waals surface area contributed by atoms with Gasteiger partial charge in [0.15, 0.2) is 23.9 Å². The van der Waals surface area contributed by atoms with Gasteiger partial charge in [-0.3, -0.25) is 9.59 Å². The van der Waals surface area contributed by atoms with E-state index < -0.39 is 30.2 Å². The summed E-state index contributed by atoms with van der Waals surface area (Å²) in [5.74, 6) is -1.97. The molecule has 2 aromatic carbocycles. The van der Waals surface area contributed by atoms with Crippen LogP contribution in [0.5, 0.6) is 11.5 Å². The largest absolute Gasteiger partial charge is 0.478 e. The zero-order valence-electron chi connectivity index (χ0n) is 14.9. The smallest absolute Gasteiger partial charge is 0.338 e. The van der Waals surface area contributed by atoms with Crippen LogP contribution in [0.4, 0.5) is 5.69 Å². The van der Waals surface area contributed by atoms with Crippen LogP contribution in [-0.2, 0) is 14.3 Å². The number of ether oxygens (including phenoxy) is 3. The molecule has 9 nitrogen and oxygen atoms in total. The van der Waals surface area contributed by atoms with E-state index in [0.29, 0.717) is 28.8 Å². The highest BCUT2D eigenvalue weighted by atomic mass is 16.7. The van der Waals surface area contributed by atoms with Crippen LogP contribution in [0, 0.1) is 0 Å². The molecule has 0 aromatic heterocycles. The maximum Gasteiger partial charge on any atom is 0.338 e. The number of carbonyl (C=O) groups is 4. The SMILES string of the molecule is O=C(O)C=CC(=O)Nc1ccc(C(=O)OCC(=O)c2ccc3c(c2)OCO3)cc1. The van der Waals surface area contributed by atoms with Crippen molar-refractivity contribution < 1.29 is 38.5 Å². The number of rotatable bonds is 7. The topological polar surface area (TPSA) is 128 Å². The first-order chi connectivity index (χ1) is 13.9. The van der Waals surface area contributed by atoms with Gasteiger partial charge in [-0.1, -0.05) is 0 Å². The molecule has 1 heterocycles. The normalized spacial score (nSPS) is 11.9. The molecule has 0 fully saturated rings. The summed E-state index contributed by atoms with van der Waals surface area (Å²) < 4.78 is 15.4. The number of fused-ring (bicyclic) bond motifs is 1. The number of carbonyl (C=O) groups excluding carboxylic acids is 3. The fraction of sp³-hybridized carbons (Fsp3) is 0.100. The van der Waals surface area contributed by atoms with Crippen molar-refractivity contribution >= 4 is 29.3 Å². The van der Waals surface area contributed by atoms with Crippen LogP contribution in [0.3, 0.4) is 0 Å². The molecule has 0 atom stereocenters. The van der Waals surface area contributed by atoms with Crippen molar-refractivity contribution in [2.75, 3.05) is 18.7 Å². The number of aliphatic carboxylic acids is 1. The van der Waals surface area contributed by atoms with Crippen molar-refractivity contribution in [3.8, 4) is 11.5 Å². The minimum atomic E-state index is -1.24. The Morgan fingerprint density at radius 1 is 0.966 bits per heavy atom. The molecule has 0 bridgehead atoms. The summed E-state index contributed by atoms with van der Waals surface area (Å²) in [5, 5.41) is 10.9. The van der Waals surface area contributed by atoms with Gasteiger partial charge < -0.3 is 24.6 Å². The molecule has 9 heteroatoms. The van der Waals surface area contributed by atoms with E-state index in [1.54, 1.807) is 12.1 Å². The fourth-order valence-corrected chi connectivity index (χ4v) is 2.39. The third kappa shape index (κ3) is 5.19. The Kier molecular flexibility index (Phi) is 5.88. The Labute approximate surface area is 164 Å². The Morgan fingerprint density at radius 3 is 2.38 bits per heavy atom. The molecule has 29 heavy (non-hydrogen) atoms. The first-order valence-electron chi connectivity index (χ1n) is 8.34. The number of esters is 1. The lowest BCUT2D eigenvalue weighted by Gasteiger charge is -2.06. The highest BCUT2D eigenvalue weighted by Crippen LogP contribution is 2.32. The summed E-state index contributed by atoms with van der Waals surface area (Å²) >= 11 is 0. The van der Waals surface area contributed by atoms with Crippen LogP contribution in [0.1, 0.15) is 20.7 Å². The van der Waals surface area contributed by atoms with Crippen LogP contribution < -0.4 is 14.8 Å². The van der Waals surface area contributed by atoms with E-state index in [9.17, 15) is 19.2 Å². The molecule has 148 valence electrons. The lowest BCUT2D eigenvalue weighted by Crippen LogP contribution is -2.14. The van der Waals surface area contributed by atoms with Gasteiger partial charge in [0.25, 0.3) is 0 Å². The lowest BCUT2D eigenvalue weighted by atomic mass is 10.1. The van der Waals surface area contributed by atoms with Crippen molar-refractivity contribution in [3.05, 3.63) is 65.7 Å². The number of hydrogen-bond donors (Lipinski definition) is 2. The summed E-state index contributed by atoms with van der Waals surface area (Å²) in [7, 11) is 0. The second kappa shape index (κ2) is 8.70. The van der Waals surface area contributed by atoms with E-state index >= 15 is 0 Å².